The van der Waals surface area contributed by atoms with Gasteiger partial charge in [-0.05, 0) is 49.2 Å². The van der Waals surface area contributed by atoms with Crippen molar-refractivity contribution in [1.82, 2.24) is 9.97 Å². The highest BCUT2D eigenvalue weighted by Gasteiger charge is 2.15. The van der Waals surface area contributed by atoms with E-state index in [1.807, 2.05) is 0 Å². The predicted octanol–water partition coefficient (Wildman–Crippen LogP) is 6.60. The second-order valence-electron chi connectivity index (χ2n) is 8.06. The molecular formula is C25H20ClF2N5O2. The number of anilines is 3. The van der Waals surface area contributed by atoms with Crippen LogP contribution in [0.3, 0.4) is 0 Å². The molecule has 35 heavy (non-hydrogen) atoms. The smallest absolute Gasteiger partial charge is 0.323 e. The first-order valence-corrected chi connectivity index (χ1v) is 11.3. The Morgan fingerprint density at radius 1 is 0.914 bits per heavy atom. The van der Waals surface area contributed by atoms with E-state index >= 15 is 0 Å². The minimum Gasteiger partial charge on any atom is -0.457 e. The molecule has 1 aromatic heterocycles. The number of halogens is 3. The van der Waals surface area contributed by atoms with Crippen LogP contribution < -0.4 is 20.3 Å². The lowest BCUT2D eigenvalue weighted by Gasteiger charge is -2.16. The Kier molecular flexibility index (Phi) is 6.33. The minimum atomic E-state index is -0.682. The maximum atomic E-state index is 14.2. The van der Waals surface area contributed by atoms with Crippen molar-refractivity contribution in [2.24, 2.45) is 0 Å². The number of benzene rings is 3. The molecule has 0 saturated carbocycles. The number of rotatable bonds is 5. The maximum absolute atomic E-state index is 14.2. The molecule has 4 aromatic rings. The zero-order valence-corrected chi connectivity index (χ0v) is 19.1. The molecule has 1 saturated heterocycles. The molecule has 7 nitrogen and oxygen atoms in total. The first kappa shape index (κ1) is 22.8. The number of nitrogens with zero attached hydrogens (tertiary/aromatic N) is 3. The van der Waals surface area contributed by atoms with Gasteiger partial charge in [-0.1, -0.05) is 11.6 Å². The molecule has 1 aliphatic rings. The zero-order valence-electron chi connectivity index (χ0n) is 18.4. The summed E-state index contributed by atoms with van der Waals surface area (Å²) in [5.74, 6) is 0.172. The Hall–Kier alpha value is -3.98. The zero-order chi connectivity index (χ0) is 24.4. The van der Waals surface area contributed by atoms with Crippen LogP contribution in [0.2, 0.25) is 5.02 Å². The molecule has 3 aromatic carbocycles. The normalized spacial score (nSPS) is 13.2. The Morgan fingerprint density at radius 2 is 1.71 bits per heavy atom. The summed E-state index contributed by atoms with van der Waals surface area (Å²) < 4.78 is 33.7. The summed E-state index contributed by atoms with van der Waals surface area (Å²) in [7, 11) is 0. The molecule has 0 bridgehead atoms. The Labute approximate surface area is 204 Å². The number of amides is 2. The molecule has 0 unspecified atom stereocenters. The van der Waals surface area contributed by atoms with Crippen molar-refractivity contribution >= 4 is 45.9 Å². The van der Waals surface area contributed by atoms with Gasteiger partial charge in [0, 0.05) is 42.7 Å². The first-order valence-electron chi connectivity index (χ1n) is 11.0. The van der Waals surface area contributed by atoms with Crippen molar-refractivity contribution in [3.05, 3.63) is 77.5 Å². The summed E-state index contributed by atoms with van der Waals surface area (Å²) in [5.41, 5.74) is 1.74. The van der Waals surface area contributed by atoms with Crippen LogP contribution in [0, 0.1) is 11.6 Å². The topological polar surface area (TPSA) is 79.4 Å². The van der Waals surface area contributed by atoms with Gasteiger partial charge < -0.3 is 20.3 Å². The quantitative estimate of drug-likeness (QED) is 0.326. The van der Waals surface area contributed by atoms with E-state index in [1.54, 1.807) is 24.4 Å². The molecule has 2 N–H and O–H groups in total. The number of carbonyl (C=O) groups excluding carboxylic acids is 1. The molecule has 5 rings (SSSR count). The lowest BCUT2D eigenvalue weighted by molar-refractivity contribution is 0.262. The van der Waals surface area contributed by atoms with Crippen molar-refractivity contribution in [2.45, 2.75) is 12.8 Å². The van der Waals surface area contributed by atoms with Crippen LogP contribution in [0.25, 0.3) is 11.0 Å². The highest BCUT2D eigenvalue weighted by Crippen LogP contribution is 2.29. The second kappa shape index (κ2) is 9.71. The second-order valence-corrected chi connectivity index (χ2v) is 8.47. The average molecular weight is 496 g/mol. The molecule has 178 valence electrons. The molecule has 0 aliphatic carbocycles. The Morgan fingerprint density at radius 3 is 2.51 bits per heavy atom. The highest BCUT2D eigenvalue weighted by molar-refractivity contribution is 6.30. The van der Waals surface area contributed by atoms with Gasteiger partial charge in [-0.25, -0.2) is 18.6 Å². The van der Waals surface area contributed by atoms with E-state index in [0.29, 0.717) is 11.3 Å². The van der Waals surface area contributed by atoms with Gasteiger partial charge >= 0.3 is 6.03 Å². The van der Waals surface area contributed by atoms with Crippen LogP contribution in [0.4, 0.5) is 30.8 Å². The number of fused-ring (bicyclic) bond motifs is 1. The van der Waals surface area contributed by atoms with Crippen LogP contribution in [-0.2, 0) is 0 Å². The van der Waals surface area contributed by atoms with Crippen LogP contribution in [-0.4, -0.2) is 29.1 Å². The van der Waals surface area contributed by atoms with Gasteiger partial charge in [0.1, 0.15) is 29.0 Å². The van der Waals surface area contributed by atoms with Crippen LogP contribution in [0.15, 0.2) is 60.8 Å². The van der Waals surface area contributed by atoms with Crippen LogP contribution in [0.5, 0.6) is 11.5 Å². The summed E-state index contributed by atoms with van der Waals surface area (Å²) in [6.07, 6.45) is 4.03. The number of carbonyl (C=O) groups is 1. The molecular weight excluding hydrogens is 476 g/mol. The monoisotopic (exact) mass is 495 g/mol. The van der Waals surface area contributed by atoms with E-state index in [4.69, 9.17) is 21.3 Å². The van der Waals surface area contributed by atoms with Crippen LogP contribution in [0.1, 0.15) is 12.8 Å². The van der Waals surface area contributed by atoms with E-state index in [0.717, 1.165) is 49.4 Å². The van der Waals surface area contributed by atoms with E-state index in [2.05, 4.69) is 20.5 Å². The molecule has 2 amide bonds. The van der Waals surface area contributed by atoms with Gasteiger partial charge in [-0.15, -0.1) is 0 Å². The van der Waals surface area contributed by atoms with Crippen molar-refractivity contribution in [3.8, 4) is 11.5 Å². The molecule has 0 spiro atoms. The van der Waals surface area contributed by atoms with Crippen molar-refractivity contribution in [1.29, 1.82) is 0 Å². The fourth-order valence-electron chi connectivity index (χ4n) is 3.84. The van der Waals surface area contributed by atoms with Gasteiger partial charge in [-0.3, -0.25) is 4.98 Å². The van der Waals surface area contributed by atoms with Crippen molar-refractivity contribution in [2.75, 3.05) is 28.6 Å². The third kappa shape index (κ3) is 5.41. The SMILES string of the molecule is O=C(Nc1cc(F)cc(Oc2ccc3ncc(N4CCCC4)nc3c2)c1)Nc1ccc(Cl)c(F)c1. The van der Waals surface area contributed by atoms with Gasteiger partial charge in [0.25, 0.3) is 0 Å². The molecule has 0 radical (unpaired) electrons. The number of hydrogen-bond donors (Lipinski definition) is 2. The standard InChI is InChI=1S/C25H20ClF2N5O2/c26-20-5-3-16(12-21(20)28)30-25(34)31-17-9-15(27)10-19(11-17)35-18-4-6-22-23(13-18)32-24(14-29-22)33-7-1-2-8-33/h3-6,9-14H,1-2,7-8H2,(H2,30,31,34). The molecule has 2 heterocycles. The third-order valence-electron chi connectivity index (χ3n) is 5.47. The summed E-state index contributed by atoms with van der Waals surface area (Å²) >= 11 is 5.65. The van der Waals surface area contributed by atoms with Gasteiger partial charge in [0.15, 0.2) is 0 Å². The summed E-state index contributed by atoms with van der Waals surface area (Å²) in [6.45, 7) is 1.91. The fourth-order valence-corrected chi connectivity index (χ4v) is 3.96. The Bertz CT molecular complexity index is 1410. The average Bonchev–Trinajstić information content (AvgIpc) is 3.36. The van der Waals surface area contributed by atoms with Gasteiger partial charge in [0.05, 0.1) is 22.3 Å². The lowest BCUT2D eigenvalue weighted by atomic mass is 10.2. The molecule has 0 atom stereocenters. The first-order chi connectivity index (χ1) is 16.9. The number of hydrogen-bond acceptors (Lipinski definition) is 5. The van der Waals surface area contributed by atoms with Crippen molar-refractivity contribution in [3.63, 3.8) is 0 Å². The molecule has 1 fully saturated rings. The van der Waals surface area contributed by atoms with Gasteiger partial charge in [-0.2, -0.15) is 0 Å². The fraction of sp³-hybridized carbons (Fsp3) is 0.160. The summed E-state index contributed by atoms with van der Waals surface area (Å²) in [4.78, 5) is 23.6. The summed E-state index contributed by atoms with van der Waals surface area (Å²) in [6, 6.07) is 12.2. The van der Waals surface area contributed by atoms with Gasteiger partial charge in [0.2, 0.25) is 0 Å². The summed E-state index contributed by atoms with van der Waals surface area (Å²) in [5, 5.41) is 4.91. The largest absolute Gasteiger partial charge is 0.457 e. The lowest BCUT2D eigenvalue weighted by Crippen LogP contribution is -2.19. The molecule has 1 aliphatic heterocycles. The third-order valence-corrected chi connectivity index (χ3v) is 5.78. The van der Waals surface area contributed by atoms with Crippen molar-refractivity contribution < 1.29 is 18.3 Å². The van der Waals surface area contributed by atoms with E-state index in [-0.39, 0.29) is 22.1 Å². The van der Waals surface area contributed by atoms with E-state index in [9.17, 15) is 13.6 Å². The molecule has 10 heteroatoms. The number of aromatic nitrogens is 2. The van der Waals surface area contributed by atoms with E-state index in [1.165, 1.54) is 24.3 Å². The number of urea groups is 1. The minimum absolute atomic E-state index is 0.0604. The highest BCUT2D eigenvalue weighted by atomic mass is 35.5. The van der Waals surface area contributed by atoms with Crippen LogP contribution >= 0.6 is 11.6 Å². The predicted molar refractivity (Wildman–Crippen MR) is 132 cm³/mol. The Balaban J connectivity index is 1.31. The number of nitrogens with one attached hydrogen (secondary N) is 2. The maximum Gasteiger partial charge on any atom is 0.323 e. The van der Waals surface area contributed by atoms with E-state index < -0.39 is 17.7 Å². The number of ether oxygens (including phenoxy) is 1.